The Bertz CT molecular complexity index is 833. The maximum atomic E-state index is 5.66. The van der Waals surface area contributed by atoms with Gasteiger partial charge in [0.05, 0.1) is 11.1 Å². The number of aromatic nitrogens is 1. The second kappa shape index (κ2) is 6.76. The van der Waals surface area contributed by atoms with Crippen molar-refractivity contribution in [1.82, 2.24) is 4.98 Å². The average Bonchev–Trinajstić information content (AvgIpc) is 2.45. The van der Waals surface area contributed by atoms with Crippen molar-refractivity contribution >= 4 is 10.9 Å². The Morgan fingerprint density at radius 1 is 1.13 bits per heavy atom. The van der Waals surface area contributed by atoms with E-state index >= 15 is 0 Å². The molecular weight excluding hydrogens is 282 g/mol. The zero-order valence-electron chi connectivity index (χ0n) is 14.7. The highest BCUT2D eigenvalue weighted by Crippen LogP contribution is 2.27. The number of rotatable bonds is 1. The van der Waals surface area contributed by atoms with Gasteiger partial charge in [0.2, 0.25) is 5.88 Å². The lowest BCUT2D eigenvalue weighted by atomic mass is 9.99. The van der Waals surface area contributed by atoms with Crippen molar-refractivity contribution in [3.05, 3.63) is 35.4 Å². The number of ether oxygens (including phenoxy) is 1. The van der Waals surface area contributed by atoms with E-state index in [0.717, 1.165) is 22.0 Å². The molecule has 0 fully saturated rings. The first-order chi connectivity index (χ1) is 10.8. The molecule has 1 aromatic carbocycles. The molecule has 0 bridgehead atoms. The quantitative estimate of drug-likeness (QED) is 0.696. The number of hydrogen-bond acceptors (Lipinski definition) is 2. The molecule has 0 aliphatic rings. The van der Waals surface area contributed by atoms with Crippen molar-refractivity contribution in [2.45, 2.75) is 41.5 Å². The molecule has 0 unspecified atom stereocenters. The van der Waals surface area contributed by atoms with E-state index in [2.05, 4.69) is 55.7 Å². The average molecular weight is 305 g/mol. The summed E-state index contributed by atoms with van der Waals surface area (Å²) in [6.45, 7) is 12.3. The summed E-state index contributed by atoms with van der Waals surface area (Å²) in [5.41, 5.74) is 2.68. The number of nitrogens with zero attached hydrogens (tertiary/aromatic N) is 1. The third kappa shape index (κ3) is 4.51. The normalized spacial score (nSPS) is 10.7. The topological polar surface area (TPSA) is 22.1 Å². The summed E-state index contributed by atoms with van der Waals surface area (Å²) in [6.07, 6.45) is 2.78. The van der Waals surface area contributed by atoms with Crippen LogP contribution in [0.2, 0.25) is 0 Å². The van der Waals surface area contributed by atoms with Crippen molar-refractivity contribution in [1.29, 1.82) is 0 Å². The Hall–Kier alpha value is -2.45. The summed E-state index contributed by atoms with van der Waals surface area (Å²) in [5.74, 6) is 10.3. The van der Waals surface area contributed by atoms with Gasteiger partial charge in [-0.2, -0.15) is 0 Å². The van der Waals surface area contributed by atoms with Gasteiger partial charge >= 0.3 is 0 Å². The molecular formula is C21H23NO. The summed E-state index contributed by atoms with van der Waals surface area (Å²) in [7, 11) is 0. The van der Waals surface area contributed by atoms with Crippen LogP contribution in [0.5, 0.6) is 5.88 Å². The summed E-state index contributed by atoms with van der Waals surface area (Å²) >= 11 is 0. The van der Waals surface area contributed by atoms with E-state index in [1.165, 1.54) is 0 Å². The van der Waals surface area contributed by atoms with Gasteiger partial charge in [-0.05, 0) is 39.3 Å². The fraction of sp³-hybridized carbons (Fsp3) is 0.381. The highest BCUT2D eigenvalue weighted by Gasteiger charge is 2.12. The number of para-hydroxylation sites is 1. The summed E-state index contributed by atoms with van der Waals surface area (Å²) in [6, 6.07) is 8.02. The molecule has 118 valence electrons. The zero-order valence-corrected chi connectivity index (χ0v) is 14.7. The fourth-order valence-corrected chi connectivity index (χ4v) is 2.01. The molecule has 0 spiro atoms. The largest absolute Gasteiger partial charge is 0.386 e. The number of aryl methyl sites for hydroxylation is 1. The predicted octanol–water partition coefficient (Wildman–Crippen LogP) is 4.94. The second-order valence-electron chi connectivity index (χ2n) is 6.94. The molecule has 0 amide bonds. The van der Waals surface area contributed by atoms with E-state index in [1.54, 1.807) is 0 Å². The van der Waals surface area contributed by atoms with Crippen LogP contribution >= 0.6 is 0 Å². The molecule has 2 rings (SSSR count). The van der Waals surface area contributed by atoms with Crippen LogP contribution in [0.1, 0.15) is 45.7 Å². The Kier molecular flexibility index (Phi) is 4.97. The number of hydrogen-bond donors (Lipinski definition) is 0. The number of benzene rings is 1. The van der Waals surface area contributed by atoms with Gasteiger partial charge in [0.1, 0.15) is 6.11 Å². The number of pyridine rings is 1. The Labute approximate surface area is 139 Å². The molecule has 23 heavy (non-hydrogen) atoms. The fourth-order valence-electron chi connectivity index (χ4n) is 2.01. The lowest BCUT2D eigenvalue weighted by Gasteiger charge is -2.09. The second-order valence-corrected chi connectivity index (χ2v) is 6.94. The summed E-state index contributed by atoms with van der Waals surface area (Å²) in [4.78, 5) is 4.61. The van der Waals surface area contributed by atoms with E-state index < -0.39 is 0 Å². The predicted molar refractivity (Wildman–Crippen MR) is 96.1 cm³/mol. The smallest absolute Gasteiger partial charge is 0.247 e. The van der Waals surface area contributed by atoms with Crippen molar-refractivity contribution in [3.8, 4) is 29.7 Å². The van der Waals surface area contributed by atoms with Crippen molar-refractivity contribution in [3.63, 3.8) is 0 Å². The van der Waals surface area contributed by atoms with Crippen molar-refractivity contribution in [2.75, 3.05) is 0 Å². The SMILES string of the molecule is Cc1c(C#CC(C)C)c(OC#CC(C)(C)C)nc2ccccc12. The van der Waals surface area contributed by atoms with Gasteiger partial charge in [0.25, 0.3) is 0 Å². The van der Waals surface area contributed by atoms with Gasteiger partial charge in [-0.25, -0.2) is 4.98 Å². The summed E-state index contributed by atoms with van der Waals surface area (Å²) in [5, 5.41) is 1.09. The molecule has 0 atom stereocenters. The Morgan fingerprint density at radius 3 is 2.48 bits per heavy atom. The number of fused-ring (bicyclic) bond motifs is 1. The molecule has 2 nitrogen and oxygen atoms in total. The molecule has 0 aliphatic heterocycles. The molecule has 2 heteroatoms. The molecule has 1 aromatic heterocycles. The summed E-state index contributed by atoms with van der Waals surface area (Å²) < 4.78 is 5.66. The van der Waals surface area contributed by atoms with Gasteiger partial charge in [-0.15, -0.1) is 0 Å². The lowest BCUT2D eigenvalue weighted by molar-refractivity contribution is 0.486. The van der Waals surface area contributed by atoms with Crippen LogP contribution in [-0.4, -0.2) is 4.98 Å². The maximum Gasteiger partial charge on any atom is 0.247 e. The van der Waals surface area contributed by atoms with Gasteiger partial charge in [-0.1, -0.05) is 49.8 Å². The highest BCUT2D eigenvalue weighted by atomic mass is 16.5. The first-order valence-corrected chi connectivity index (χ1v) is 7.88. The van der Waals surface area contributed by atoms with E-state index in [9.17, 15) is 0 Å². The minimum absolute atomic E-state index is 0.115. The third-order valence-electron chi connectivity index (χ3n) is 3.18. The van der Waals surface area contributed by atoms with Crippen LogP contribution in [0.4, 0.5) is 0 Å². The molecule has 1 heterocycles. The zero-order chi connectivity index (χ0) is 17.0. The monoisotopic (exact) mass is 305 g/mol. The molecule has 0 saturated heterocycles. The Balaban J connectivity index is 2.58. The van der Waals surface area contributed by atoms with Crippen LogP contribution in [0.15, 0.2) is 24.3 Å². The van der Waals surface area contributed by atoms with Gasteiger partial charge in [0, 0.05) is 16.7 Å². The van der Waals surface area contributed by atoms with Crippen LogP contribution in [-0.2, 0) is 0 Å². The van der Waals surface area contributed by atoms with E-state index in [-0.39, 0.29) is 11.3 Å². The van der Waals surface area contributed by atoms with Crippen LogP contribution in [0.3, 0.4) is 0 Å². The van der Waals surface area contributed by atoms with E-state index in [4.69, 9.17) is 4.74 Å². The standard InChI is InChI=1S/C21H23NO/c1-15(2)11-12-18-16(3)17-9-7-8-10-19(17)22-20(18)23-14-13-21(4,5)6/h7-10,15H,1-6H3. The molecule has 0 radical (unpaired) electrons. The molecule has 0 saturated carbocycles. The van der Waals surface area contributed by atoms with E-state index in [0.29, 0.717) is 5.88 Å². The van der Waals surface area contributed by atoms with Crippen molar-refractivity contribution < 1.29 is 4.74 Å². The molecule has 0 N–H and O–H groups in total. The minimum Gasteiger partial charge on any atom is -0.386 e. The minimum atomic E-state index is -0.115. The van der Waals surface area contributed by atoms with Crippen LogP contribution in [0, 0.1) is 42.1 Å². The van der Waals surface area contributed by atoms with E-state index in [1.807, 2.05) is 39.0 Å². The Morgan fingerprint density at radius 2 is 1.83 bits per heavy atom. The van der Waals surface area contributed by atoms with Gasteiger partial charge < -0.3 is 4.74 Å². The first kappa shape index (κ1) is 16.9. The van der Waals surface area contributed by atoms with Crippen LogP contribution < -0.4 is 4.74 Å². The molecule has 2 aromatic rings. The van der Waals surface area contributed by atoms with Gasteiger partial charge in [-0.3, -0.25) is 0 Å². The van der Waals surface area contributed by atoms with Crippen LogP contribution in [0.25, 0.3) is 10.9 Å². The van der Waals surface area contributed by atoms with Gasteiger partial charge in [0.15, 0.2) is 0 Å². The first-order valence-electron chi connectivity index (χ1n) is 7.88. The lowest BCUT2D eigenvalue weighted by Crippen LogP contribution is -2.02. The maximum absolute atomic E-state index is 5.66. The molecule has 0 aliphatic carbocycles. The third-order valence-corrected chi connectivity index (χ3v) is 3.18. The van der Waals surface area contributed by atoms with Crippen molar-refractivity contribution in [2.24, 2.45) is 11.3 Å². The highest BCUT2D eigenvalue weighted by molar-refractivity contribution is 5.85.